The molecule has 2 nitrogen and oxygen atoms in total. The van der Waals surface area contributed by atoms with Gasteiger partial charge in [0.25, 0.3) is 0 Å². The highest BCUT2D eigenvalue weighted by molar-refractivity contribution is 6.71. The van der Waals surface area contributed by atoms with Gasteiger partial charge in [-0.1, -0.05) is 73.1 Å². The third-order valence-corrected chi connectivity index (χ3v) is 12.1. The van der Waals surface area contributed by atoms with Crippen molar-refractivity contribution in [2.75, 3.05) is 14.2 Å². The number of hydrogen-bond donors (Lipinski definition) is 0. The van der Waals surface area contributed by atoms with Crippen molar-refractivity contribution in [1.29, 1.82) is 0 Å². The van der Waals surface area contributed by atoms with E-state index in [1.54, 1.807) is 0 Å². The van der Waals surface area contributed by atoms with E-state index in [1.807, 2.05) is 14.2 Å². The minimum atomic E-state index is -2.27. The Hall–Kier alpha value is 0.137. The highest BCUT2D eigenvalue weighted by Gasteiger charge is 2.63. The zero-order chi connectivity index (χ0) is 17.6. The van der Waals surface area contributed by atoms with Crippen LogP contribution in [0, 0.1) is 11.3 Å². The predicted octanol–water partition coefficient (Wildman–Crippen LogP) is 6.69. The minimum Gasteiger partial charge on any atom is -0.397 e. The van der Waals surface area contributed by atoms with Gasteiger partial charge in [-0.25, -0.2) is 0 Å². The maximum Gasteiger partial charge on any atom is 0.344 e. The fraction of sp³-hybridized carbons (Fsp3) is 1.00. The molecule has 1 aliphatic rings. The lowest BCUT2D eigenvalue weighted by molar-refractivity contribution is 0.0713. The monoisotopic (exact) mass is 342 g/mol. The lowest BCUT2D eigenvalue weighted by Crippen LogP contribution is -2.60. The average molecular weight is 343 g/mol. The summed E-state index contributed by atoms with van der Waals surface area (Å²) in [4.78, 5) is 0. The molecule has 0 aromatic carbocycles. The van der Waals surface area contributed by atoms with Gasteiger partial charge in [-0.2, -0.15) is 0 Å². The molecule has 0 amide bonds. The second-order valence-corrected chi connectivity index (χ2v) is 12.0. The van der Waals surface area contributed by atoms with Gasteiger partial charge in [-0.05, 0) is 36.6 Å². The Morgan fingerprint density at radius 3 is 1.96 bits per heavy atom. The summed E-state index contributed by atoms with van der Waals surface area (Å²) >= 11 is 0. The first-order valence-corrected chi connectivity index (χ1v) is 12.0. The van der Waals surface area contributed by atoms with Crippen molar-refractivity contribution in [2.24, 2.45) is 11.3 Å². The third kappa shape index (κ3) is 4.04. The molecule has 0 aliphatic heterocycles. The quantitative estimate of drug-likeness (QED) is 0.412. The van der Waals surface area contributed by atoms with E-state index in [0.29, 0.717) is 5.41 Å². The second kappa shape index (κ2) is 9.01. The molecule has 0 bridgehead atoms. The summed E-state index contributed by atoms with van der Waals surface area (Å²) in [5.74, 6) is 0.734. The Bertz CT molecular complexity index is 335. The van der Waals surface area contributed by atoms with Crippen LogP contribution in [0.5, 0.6) is 0 Å². The molecule has 0 N–H and O–H groups in total. The zero-order valence-electron chi connectivity index (χ0n) is 17.0. The molecule has 1 aliphatic carbocycles. The first kappa shape index (κ1) is 21.2. The molecule has 0 heterocycles. The van der Waals surface area contributed by atoms with Gasteiger partial charge in [0, 0.05) is 19.3 Å². The molecule has 0 aromatic rings. The summed E-state index contributed by atoms with van der Waals surface area (Å²) in [6.45, 7) is 11.9. The van der Waals surface area contributed by atoms with Crippen molar-refractivity contribution in [3.8, 4) is 0 Å². The topological polar surface area (TPSA) is 18.5 Å². The molecule has 1 atom stereocenters. The summed E-state index contributed by atoms with van der Waals surface area (Å²) < 4.78 is 12.8. The van der Waals surface area contributed by atoms with E-state index in [-0.39, 0.29) is 5.04 Å². The van der Waals surface area contributed by atoms with Crippen LogP contribution in [-0.4, -0.2) is 22.8 Å². The van der Waals surface area contributed by atoms with Crippen LogP contribution < -0.4 is 0 Å². The molecule has 23 heavy (non-hydrogen) atoms. The van der Waals surface area contributed by atoms with E-state index >= 15 is 0 Å². The first-order valence-electron chi connectivity index (χ1n) is 9.99. The van der Waals surface area contributed by atoms with E-state index in [2.05, 4.69) is 34.6 Å². The van der Waals surface area contributed by atoms with Crippen LogP contribution in [-0.2, 0) is 8.85 Å². The van der Waals surface area contributed by atoms with Crippen LogP contribution in [0.4, 0.5) is 0 Å². The van der Waals surface area contributed by atoms with Crippen molar-refractivity contribution >= 4 is 8.56 Å². The fourth-order valence-corrected chi connectivity index (χ4v) is 10.5. The van der Waals surface area contributed by atoms with Gasteiger partial charge in [0.05, 0.1) is 0 Å². The molecule has 0 spiro atoms. The lowest BCUT2D eigenvalue weighted by Gasteiger charge is -2.58. The van der Waals surface area contributed by atoms with Crippen LogP contribution >= 0.6 is 0 Å². The van der Waals surface area contributed by atoms with Crippen LogP contribution in [0.3, 0.4) is 0 Å². The third-order valence-electron chi connectivity index (χ3n) is 7.01. The van der Waals surface area contributed by atoms with Gasteiger partial charge in [-0.3, -0.25) is 0 Å². The maximum absolute atomic E-state index is 6.41. The van der Waals surface area contributed by atoms with E-state index < -0.39 is 8.56 Å². The molecular formula is C20H42O2Si. The Labute approximate surface area is 147 Å². The smallest absolute Gasteiger partial charge is 0.344 e. The maximum atomic E-state index is 6.41. The van der Waals surface area contributed by atoms with Crippen LogP contribution in [0.15, 0.2) is 0 Å². The summed E-state index contributed by atoms with van der Waals surface area (Å²) in [5.41, 5.74) is 0.324. The van der Waals surface area contributed by atoms with E-state index in [9.17, 15) is 0 Å². The van der Waals surface area contributed by atoms with Gasteiger partial charge in [0.1, 0.15) is 0 Å². The van der Waals surface area contributed by atoms with Gasteiger partial charge in [0.15, 0.2) is 0 Å². The highest BCUT2D eigenvalue weighted by Crippen LogP contribution is 2.65. The van der Waals surface area contributed by atoms with Crippen LogP contribution in [0.2, 0.25) is 11.1 Å². The molecule has 0 saturated heterocycles. The number of hydrogen-bond acceptors (Lipinski definition) is 2. The Balaban J connectivity index is 3.32. The van der Waals surface area contributed by atoms with Gasteiger partial charge in [0.2, 0.25) is 0 Å². The standard InChI is InChI=1S/C20H42O2Si/c1-8-11-15-20(16-13-12-14-19(20,4)5)23(21-6,22-7)17-18(9-2)10-3/h18H,8-17H2,1-7H3. The molecule has 1 saturated carbocycles. The van der Waals surface area contributed by atoms with Crippen molar-refractivity contribution in [3.05, 3.63) is 0 Å². The van der Waals surface area contributed by atoms with E-state index in [4.69, 9.17) is 8.85 Å². The predicted molar refractivity (Wildman–Crippen MR) is 103 cm³/mol. The van der Waals surface area contributed by atoms with Gasteiger partial charge in [-0.15, -0.1) is 0 Å². The molecule has 0 aromatic heterocycles. The molecule has 3 heteroatoms. The molecular weight excluding hydrogens is 300 g/mol. The molecule has 1 rings (SSSR count). The van der Waals surface area contributed by atoms with Crippen molar-refractivity contribution in [3.63, 3.8) is 0 Å². The highest BCUT2D eigenvalue weighted by atomic mass is 28.4. The molecule has 1 fully saturated rings. The molecule has 138 valence electrons. The second-order valence-electron chi connectivity index (χ2n) is 8.32. The van der Waals surface area contributed by atoms with Crippen molar-refractivity contribution in [1.82, 2.24) is 0 Å². The van der Waals surface area contributed by atoms with Crippen LogP contribution in [0.25, 0.3) is 0 Å². The van der Waals surface area contributed by atoms with E-state index in [1.165, 1.54) is 63.8 Å². The fourth-order valence-electron chi connectivity index (χ4n) is 5.20. The normalized spacial score (nSPS) is 25.0. The molecule has 0 radical (unpaired) electrons. The Morgan fingerprint density at radius 2 is 1.52 bits per heavy atom. The summed E-state index contributed by atoms with van der Waals surface area (Å²) in [6, 6.07) is 1.17. The summed E-state index contributed by atoms with van der Waals surface area (Å²) in [5, 5.41) is 0.264. The van der Waals surface area contributed by atoms with Gasteiger partial charge < -0.3 is 8.85 Å². The number of rotatable bonds is 10. The first-order chi connectivity index (χ1) is 10.9. The molecule has 1 unspecified atom stereocenters. The lowest BCUT2D eigenvalue weighted by atomic mass is 9.66. The van der Waals surface area contributed by atoms with Crippen molar-refractivity contribution < 1.29 is 8.85 Å². The Kier molecular flexibility index (Phi) is 8.29. The van der Waals surface area contributed by atoms with Crippen LogP contribution in [0.1, 0.15) is 92.4 Å². The summed E-state index contributed by atoms with van der Waals surface area (Å²) in [6.07, 6.45) is 11.7. The van der Waals surface area contributed by atoms with Crippen molar-refractivity contribution in [2.45, 2.75) is 103 Å². The zero-order valence-corrected chi connectivity index (χ0v) is 18.0. The van der Waals surface area contributed by atoms with E-state index in [0.717, 1.165) is 5.92 Å². The SMILES string of the molecule is CCCCC1([Si](CC(CC)CC)(OC)OC)CCCCC1(C)C. The average Bonchev–Trinajstić information content (AvgIpc) is 2.56. The number of unbranched alkanes of at least 4 members (excludes halogenated alkanes) is 1. The summed E-state index contributed by atoms with van der Waals surface area (Å²) in [7, 11) is 1.61. The Morgan fingerprint density at radius 1 is 0.957 bits per heavy atom. The van der Waals surface area contributed by atoms with Gasteiger partial charge >= 0.3 is 8.56 Å². The largest absolute Gasteiger partial charge is 0.397 e. The minimum absolute atomic E-state index is 0.264.